The number of ether oxygens (including phenoxy) is 1. The number of nitrogens with zero attached hydrogens (tertiary/aromatic N) is 3. The monoisotopic (exact) mass is 368 g/mol. The molecule has 0 saturated heterocycles. The molecule has 4 aromatic rings. The van der Waals surface area contributed by atoms with Crippen LogP contribution < -0.4 is 10.5 Å². The van der Waals surface area contributed by atoms with Crippen LogP contribution in [0, 0.1) is 11.3 Å². The summed E-state index contributed by atoms with van der Waals surface area (Å²) in [7, 11) is 1.93. The maximum absolute atomic E-state index is 9.46. The zero-order chi connectivity index (χ0) is 19.5. The lowest BCUT2D eigenvalue weighted by molar-refractivity contribution is 0.480. The molecule has 0 aliphatic carbocycles. The van der Waals surface area contributed by atoms with Gasteiger partial charge in [-0.2, -0.15) is 5.26 Å². The average molecular weight is 368 g/mol. The molecular weight excluding hydrogens is 348 g/mol. The van der Waals surface area contributed by atoms with E-state index in [0.717, 1.165) is 22.0 Å². The summed E-state index contributed by atoms with van der Waals surface area (Å²) in [5, 5.41) is 11.7. The Kier molecular flexibility index (Phi) is 4.79. The molecular formula is C23H20N4O. The number of benzene rings is 3. The number of aryl methyl sites for hydroxylation is 1. The number of fused-ring (bicyclic) bond motifs is 1. The Bertz CT molecular complexity index is 1170. The standard InChI is InChI=1S/C23H20N4O/c1-27-15-26-14-22(27)21(25)10-16-6-7-19(13-24)23(11-16)28-20-9-8-17-4-2-3-5-18(17)12-20/h2-9,11-12,14-15,21H,10,25H2,1H3. The number of hydrogen-bond donors (Lipinski definition) is 1. The van der Waals surface area contributed by atoms with Crippen LogP contribution in [0.4, 0.5) is 0 Å². The van der Waals surface area contributed by atoms with Gasteiger partial charge in [-0.15, -0.1) is 0 Å². The molecule has 138 valence electrons. The van der Waals surface area contributed by atoms with E-state index in [2.05, 4.69) is 17.1 Å². The van der Waals surface area contributed by atoms with Crippen LogP contribution in [0.25, 0.3) is 10.8 Å². The Morgan fingerprint density at radius 1 is 1.11 bits per heavy atom. The number of aromatic nitrogens is 2. The van der Waals surface area contributed by atoms with E-state index in [4.69, 9.17) is 10.5 Å². The fraction of sp³-hybridized carbons (Fsp3) is 0.130. The van der Waals surface area contributed by atoms with E-state index >= 15 is 0 Å². The maximum Gasteiger partial charge on any atom is 0.145 e. The first-order chi connectivity index (χ1) is 13.6. The molecule has 0 bridgehead atoms. The van der Waals surface area contributed by atoms with Crippen molar-refractivity contribution in [2.24, 2.45) is 12.8 Å². The summed E-state index contributed by atoms with van der Waals surface area (Å²) in [6.45, 7) is 0. The molecule has 0 fully saturated rings. The van der Waals surface area contributed by atoms with Gasteiger partial charge >= 0.3 is 0 Å². The molecule has 5 heteroatoms. The topological polar surface area (TPSA) is 76.9 Å². The third-order valence-corrected chi connectivity index (χ3v) is 4.80. The summed E-state index contributed by atoms with van der Waals surface area (Å²) in [5.74, 6) is 1.23. The SMILES string of the molecule is Cn1cncc1C(N)Cc1ccc(C#N)c(Oc2ccc3ccccc3c2)c1. The lowest BCUT2D eigenvalue weighted by Gasteiger charge is -2.14. The van der Waals surface area contributed by atoms with E-state index < -0.39 is 0 Å². The molecule has 5 nitrogen and oxygen atoms in total. The average Bonchev–Trinajstić information content (AvgIpc) is 3.14. The van der Waals surface area contributed by atoms with Crippen LogP contribution in [0.5, 0.6) is 11.5 Å². The van der Waals surface area contributed by atoms with Gasteiger partial charge in [0.1, 0.15) is 17.6 Å². The first kappa shape index (κ1) is 17.8. The molecule has 3 aromatic carbocycles. The van der Waals surface area contributed by atoms with Gasteiger partial charge in [0.05, 0.1) is 23.6 Å². The van der Waals surface area contributed by atoms with E-state index in [0.29, 0.717) is 23.5 Å². The highest BCUT2D eigenvalue weighted by molar-refractivity contribution is 5.83. The summed E-state index contributed by atoms with van der Waals surface area (Å²) in [5.41, 5.74) is 8.80. The van der Waals surface area contributed by atoms with Gasteiger partial charge in [0, 0.05) is 13.2 Å². The van der Waals surface area contributed by atoms with Crippen LogP contribution in [0.2, 0.25) is 0 Å². The Hall–Kier alpha value is -3.62. The zero-order valence-corrected chi connectivity index (χ0v) is 15.5. The number of rotatable bonds is 5. The Labute approximate surface area is 163 Å². The Morgan fingerprint density at radius 2 is 1.93 bits per heavy atom. The third kappa shape index (κ3) is 3.59. The first-order valence-electron chi connectivity index (χ1n) is 9.05. The lowest BCUT2D eigenvalue weighted by atomic mass is 10.0. The van der Waals surface area contributed by atoms with Crippen molar-refractivity contribution in [1.29, 1.82) is 5.26 Å². The maximum atomic E-state index is 9.46. The van der Waals surface area contributed by atoms with Crippen LogP contribution in [0.1, 0.15) is 22.9 Å². The van der Waals surface area contributed by atoms with Gasteiger partial charge in [-0.05, 0) is 47.0 Å². The van der Waals surface area contributed by atoms with E-state index in [1.807, 2.05) is 60.1 Å². The fourth-order valence-corrected chi connectivity index (χ4v) is 3.31. The van der Waals surface area contributed by atoms with Gasteiger partial charge < -0.3 is 15.0 Å². The van der Waals surface area contributed by atoms with Crippen molar-refractivity contribution in [2.45, 2.75) is 12.5 Å². The van der Waals surface area contributed by atoms with E-state index in [9.17, 15) is 5.26 Å². The van der Waals surface area contributed by atoms with Gasteiger partial charge in [-0.3, -0.25) is 0 Å². The van der Waals surface area contributed by atoms with Crippen molar-refractivity contribution in [3.8, 4) is 17.6 Å². The second-order valence-electron chi connectivity index (χ2n) is 6.79. The minimum absolute atomic E-state index is 0.186. The summed E-state index contributed by atoms with van der Waals surface area (Å²) in [4.78, 5) is 4.13. The number of nitrogens with two attached hydrogens (primary N) is 1. The third-order valence-electron chi connectivity index (χ3n) is 4.80. The van der Waals surface area contributed by atoms with Gasteiger partial charge in [-0.25, -0.2) is 4.98 Å². The van der Waals surface area contributed by atoms with Crippen LogP contribution in [-0.2, 0) is 13.5 Å². The van der Waals surface area contributed by atoms with Crippen molar-refractivity contribution in [1.82, 2.24) is 9.55 Å². The molecule has 1 atom stereocenters. The predicted molar refractivity (Wildman–Crippen MR) is 109 cm³/mol. The molecule has 0 saturated carbocycles. The normalized spacial score (nSPS) is 11.9. The fourth-order valence-electron chi connectivity index (χ4n) is 3.31. The van der Waals surface area contributed by atoms with Crippen molar-refractivity contribution < 1.29 is 4.74 Å². The molecule has 2 N–H and O–H groups in total. The molecule has 1 aromatic heterocycles. The minimum atomic E-state index is -0.186. The van der Waals surface area contributed by atoms with Gasteiger partial charge in [0.15, 0.2) is 0 Å². The van der Waals surface area contributed by atoms with Gasteiger partial charge in [0.2, 0.25) is 0 Å². The highest BCUT2D eigenvalue weighted by atomic mass is 16.5. The van der Waals surface area contributed by atoms with E-state index in [1.165, 1.54) is 0 Å². The van der Waals surface area contributed by atoms with Crippen LogP contribution in [0.15, 0.2) is 73.2 Å². The molecule has 28 heavy (non-hydrogen) atoms. The smallest absolute Gasteiger partial charge is 0.145 e. The van der Waals surface area contributed by atoms with Crippen molar-refractivity contribution >= 4 is 10.8 Å². The number of imidazole rings is 1. The van der Waals surface area contributed by atoms with Crippen LogP contribution in [0.3, 0.4) is 0 Å². The first-order valence-corrected chi connectivity index (χ1v) is 9.05. The second kappa shape index (κ2) is 7.55. The summed E-state index contributed by atoms with van der Waals surface area (Å²) in [6, 6.07) is 21.6. The molecule has 0 spiro atoms. The van der Waals surface area contributed by atoms with Crippen LogP contribution >= 0.6 is 0 Å². The largest absolute Gasteiger partial charge is 0.456 e. The number of hydrogen-bond acceptors (Lipinski definition) is 4. The molecule has 0 amide bonds. The van der Waals surface area contributed by atoms with Crippen LogP contribution in [-0.4, -0.2) is 9.55 Å². The predicted octanol–water partition coefficient (Wildman–Crippen LogP) is 4.48. The summed E-state index contributed by atoms with van der Waals surface area (Å²) < 4.78 is 7.98. The molecule has 1 heterocycles. The quantitative estimate of drug-likeness (QED) is 0.563. The molecule has 1 unspecified atom stereocenters. The second-order valence-corrected chi connectivity index (χ2v) is 6.79. The Balaban J connectivity index is 1.61. The van der Waals surface area contributed by atoms with E-state index in [1.54, 1.807) is 18.6 Å². The van der Waals surface area contributed by atoms with Gasteiger partial charge in [-0.1, -0.05) is 36.4 Å². The Morgan fingerprint density at radius 3 is 2.68 bits per heavy atom. The summed E-state index contributed by atoms with van der Waals surface area (Å²) in [6.07, 6.45) is 4.14. The zero-order valence-electron chi connectivity index (χ0n) is 15.5. The number of nitriles is 1. The van der Waals surface area contributed by atoms with E-state index in [-0.39, 0.29) is 6.04 Å². The molecule has 0 aliphatic rings. The highest BCUT2D eigenvalue weighted by Gasteiger charge is 2.13. The van der Waals surface area contributed by atoms with Crippen molar-refractivity contribution in [3.05, 3.63) is 90.0 Å². The lowest BCUT2D eigenvalue weighted by Crippen LogP contribution is -2.16. The summed E-state index contributed by atoms with van der Waals surface area (Å²) >= 11 is 0. The van der Waals surface area contributed by atoms with Gasteiger partial charge in [0.25, 0.3) is 0 Å². The van der Waals surface area contributed by atoms with Crippen molar-refractivity contribution in [2.75, 3.05) is 0 Å². The molecule has 4 rings (SSSR count). The van der Waals surface area contributed by atoms with Crippen molar-refractivity contribution in [3.63, 3.8) is 0 Å². The minimum Gasteiger partial charge on any atom is -0.456 e. The molecule has 0 aliphatic heterocycles. The molecule has 0 radical (unpaired) electrons. The highest BCUT2D eigenvalue weighted by Crippen LogP contribution is 2.30.